The Hall–Kier alpha value is -3.23. The minimum absolute atomic E-state index is 0.0739. The maximum absolute atomic E-state index is 14.1. The number of para-hydroxylation sites is 1. The largest absolute Gasteiger partial charge is 0.383 e. The second kappa shape index (κ2) is 9.50. The standard InChI is InChI=1S/C24H23F2N3O2S/c1-28-21-7-4-3-6-17(21)18(23(28)22-8-5-13-32-22)15-29(11-12-31-2)24(30)27-20-10-9-16(25)14-19(20)26/h3-10,13-14H,11-12,15H2,1-2H3,(H,27,30). The topological polar surface area (TPSA) is 46.5 Å². The van der Waals surface area contributed by atoms with Crippen molar-refractivity contribution < 1.29 is 18.3 Å². The van der Waals surface area contributed by atoms with Crippen molar-refractivity contribution in [2.75, 3.05) is 25.6 Å². The van der Waals surface area contributed by atoms with Gasteiger partial charge in [-0.1, -0.05) is 24.3 Å². The van der Waals surface area contributed by atoms with Gasteiger partial charge < -0.3 is 19.5 Å². The Balaban J connectivity index is 1.71. The number of nitrogens with zero attached hydrogens (tertiary/aromatic N) is 2. The minimum atomic E-state index is -0.825. The summed E-state index contributed by atoms with van der Waals surface area (Å²) in [6.45, 7) is 0.920. The van der Waals surface area contributed by atoms with Gasteiger partial charge in [-0.25, -0.2) is 13.6 Å². The SMILES string of the molecule is COCCN(Cc1c(-c2cccs2)n(C)c2ccccc12)C(=O)Nc1ccc(F)cc1F. The Bertz CT molecular complexity index is 1240. The maximum atomic E-state index is 14.1. The molecule has 4 aromatic rings. The van der Waals surface area contributed by atoms with Crippen LogP contribution in [0.1, 0.15) is 5.56 Å². The van der Waals surface area contributed by atoms with Crippen molar-refractivity contribution in [2.24, 2.45) is 7.05 Å². The molecule has 166 valence electrons. The van der Waals surface area contributed by atoms with Crippen molar-refractivity contribution in [3.05, 3.63) is 77.2 Å². The summed E-state index contributed by atoms with van der Waals surface area (Å²) in [6.07, 6.45) is 0. The van der Waals surface area contributed by atoms with E-state index in [9.17, 15) is 13.6 Å². The van der Waals surface area contributed by atoms with Gasteiger partial charge in [-0.15, -0.1) is 11.3 Å². The number of methoxy groups -OCH3 is 1. The van der Waals surface area contributed by atoms with Crippen LogP contribution in [0.4, 0.5) is 19.3 Å². The molecule has 32 heavy (non-hydrogen) atoms. The zero-order valence-electron chi connectivity index (χ0n) is 17.8. The summed E-state index contributed by atoms with van der Waals surface area (Å²) in [4.78, 5) is 15.8. The number of hydrogen-bond acceptors (Lipinski definition) is 3. The Morgan fingerprint density at radius 3 is 2.69 bits per heavy atom. The van der Waals surface area contributed by atoms with Crippen LogP contribution in [0.5, 0.6) is 0 Å². The zero-order chi connectivity index (χ0) is 22.7. The summed E-state index contributed by atoms with van der Waals surface area (Å²) in [5.41, 5.74) is 3.01. The Kier molecular flexibility index (Phi) is 6.53. The predicted molar refractivity (Wildman–Crippen MR) is 124 cm³/mol. The smallest absolute Gasteiger partial charge is 0.322 e. The van der Waals surface area contributed by atoms with Gasteiger partial charge in [0.05, 0.1) is 29.4 Å². The first kappa shape index (κ1) is 22.0. The number of benzene rings is 2. The average molecular weight is 456 g/mol. The summed E-state index contributed by atoms with van der Waals surface area (Å²) in [5.74, 6) is -1.53. The van der Waals surface area contributed by atoms with Crippen LogP contribution >= 0.6 is 11.3 Å². The molecule has 0 unspecified atom stereocenters. The molecule has 0 aliphatic heterocycles. The average Bonchev–Trinajstić information content (AvgIpc) is 3.40. The van der Waals surface area contributed by atoms with Gasteiger partial charge in [0.1, 0.15) is 11.6 Å². The van der Waals surface area contributed by atoms with E-state index >= 15 is 0 Å². The molecular formula is C24H23F2N3O2S. The van der Waals surface area contributed by atoms with Crippen LogP contribution in [0, 0.1) is 11.6 Å². The molecule has 1 N–H and O–H groups in total. The highest BCUT2D eigenvalue weighted by molar-refractivity contribution is 7.13. The monoisotopic (exact) mass is 455 g/mol. The zero-order valence-corrected chi connectivity index (χ0v) is 18.6. The third-order valence-corrected chi connectivity index (χ3v) is 6.22. The van der Waals surface area contributed by atoms with Gasteiger partial charge in [0.25, 0.3) is 0 Å². The molecule has 0 saturated heterocycles. The van der Waals surface area contributed by atoms with Crippen molar-refractivity contribution >= 4 is 34.0 Å². The molecule has 2 amide bonds. The lowest BCUT2D eigenvalue weighted by molar-refractivity contribution is 0.153. The number of aryl methyl sites for hydroxylation is 1. The fraction of sp³-hybridized carbons (Fsp3) is 0.208. The second-order valence-corrected chi connectivity index (χ2v) is 8.30. The van der Waals surface area contributed by atoms with Crippen LogP contribution < -0.4 is 5.32 Å². The van der Waals surface area contributed by atoms with Crippen LogP contribution in [-0.2, 0) is 18.3 Å². The Morgan fingerprint density at radius 2 is 1.97 bits per heavy atom. The number of nitrogens with one attached hydrogen (secondary N) is 1. The molecule has 0 saturated carbocycles. The first-order chi connectivity index (χ1) is 15.5. The van der Waals surface area contributed by atoms with E-state index in [2.05, 4.69) is 16.0 Å². The number of carbonyl (C=O) groups is 1. The van der Waals surface area contributed by atoms with Crippen LogP contribution in [0.2, 0.25) is 0 Å². The van der Waals surface area contributed by atoms with E-state index in [-0.39, 0.29) is 5.69 Å². The van der Waals surface area contributed by atoms with Gasteiger partial charge in [0, 0.05) is 43.2 Å². The van der Waals surface area contributed by atoms with E-state index in [1.165, 1.54) is 6.07 Å². The van der Waals surface area contributed by atoms with E-state index < -0.39 is 17.7 Å². The molecule has 0 spiro atoms. The summed E-state index contributed by atoms with van der Waals surface area (Å²) >= 11 is 1.63. The number of rotatable bonds is 7. The molecule has 8 heteroatoms. The van der Waals surface area contributed by atoms with E-state index in [4.69, 9.17) is 4.74 Å². The lowest BCUT2D eigenvalue weighted by Crippen LogP contribution is -2.37. The molecule has 5 nitrogen and oxygen atoms in total. The van der Waals surface area contributed by atoms with Crippen molar-refractivity contribution in [3.8, 4) is 10.6 Å². The number of urea groups is 1. The normalized spacial score (nSPS) is 11.1. The number of ether oxygens (including phenoxy) is 1. The Labute approximate surface area is 188 Å². The van der Waals surface area contributed by atoms with Crippen LogP contribution in [0.15, 0.2) is 60.0 Å². The summed E-state index contributed by atoms with van der Waals surface area (Å²) in [5, 5.41) is 5.62. The fourth-order valence-electron chi connectivity index (χ4n) is 3.79. The van der Waals surface area contributed by atoms with Crippen molar-refractivity contribution in [1.29, 1.82) is 0 Å². The summed E-state index contributed by atoms with van der Waals surface area (Å²) in [7, 11) is 3.57. The Morgan fingerprint density at radius 1 is 1.16 bits per heavy atom. The minimum Gasteiger partial charge on any atom is -0.383 e. The highest BCUT2D eigenvalue weighted by atomic mass is 32.1. The van der Waals surface area contributed by atoms with Crippen LogP contribution in [0.25, 0.3) is 21.5 Å². The predicted octanol–water partition coefficient (Wildman–Crippen LogP) is 5.87. The van der Waals surface area contributed by atoms with Gasteiger partial charge in [0.15, 0.2) is 0 Å². The highest BCUT2D eigenvalue weighted by Crippen LogP contribution is 2.36. The van der Waals surface area contributed by atoms with Gasteiger partial charge in [-0.2, -0.15) is 0 Å². The van der Waals surface area contributed by atoms with E-state index in [1.807, 2.05) is 42.8 Å². The van der Waals surface area contributed by atoms with Crippen LogP contribution in [-0.4, -0.2) is 35.8 Å². The molecule has 4 rings (SSSR count). The molecule has 0 aliphatic rings. The molecule has 0 bridgehead atoms. The van der Waals surface area contributed by atoms with Gasteiger partial charge in [0.2, 0.25) is 0 Å². The van der Waals surface area contributed by atoms with E-state index in [0.717, 1.165) is 39.2 Å². The first-order valence-electron chi connectivity index (χ1n) is 10.1. The molecule has 2 aromatic heterocycles. The van der Waals surface area contributed by atoms with E-state index in [1.54, 1.807) is 23.3 Å². The van der Waals surface area contributed by atoms with Crippen LogP contribution in [0.3, 0.4) is 0 Å². The number of carbonyl (C=O) groups excluding carboxylic acids is 1. The number of halogens is 2. The van der Waals surface area contributed by atoms with Gasteiger partial charge in [-0.3, -0.25) is 0 Å². The highest BCUT2D eigenvalue weighted by Gasteiger charge is 2.23. The number of thiophene rings is 1. The maximum Gasteiger partial charge on any atom is 0.322 e. The van der Waals surface area contributed by atoms with Gasteiger partial charge >= 0.3 is 6.03 Å². The third-order valence-electron chi connectivity index (χ3n) is 5.34. The lowest BCUT2D eigenvalue weighted by atomic mass is 10.1. The third kappa shape index (κ3) is 4.37. The quantitative estimate of drug-likeness (QED) is 0.379. The fourth-order valence-corrected chi connectivity index (χ4v) is 4.62. The number of aromatic nitrogens is 1. The summed E-state index contributed by atoms with van der Waals surface area (Å²) < 4.78 is 34.7. The van der Waals surface area contributed by atoms with Crippen molar-refractivity contribution in [2.45, 2.75) is 6.54 Å². The number of anilines is 1. The van der Waals surface area contributed by atoms with Gasteiger partial charge in [-0.05, 0) is 29.6 Å². The van der Waals surface area contributed by atoms with E-state index in [0.29, 0.717) is 19.7 Å². The van der Waals surface area contributed by atoms with Crippen molar-refractivity contribution in [1.82, 2.24) is 9.47 Å². The molecule has 0 aliphatic carbocycles. The number of fused-ring (bicyclic) bond motifs is 1. The number of amides is 2. The van der Waals surface area contributed by atoms with Crippen molar-refractivity contribution in [3.63, 3.8) is 0 Å². The molecule has 0 radical (unpaired) electrons. The summed E-state index contributed by atoms with van der Waals surface area (Å²) in [6, 6.07) is 14.7. The molecule has 0 atom stereocenters. The molecule has 2 heterocycles. The first-order valence-corrected chi connectivity index (χ1v) is 11.0. The second-order valence-electron chi connectivity index (χ2n) is 7.35. The lowest BCUT2D eigenvalue weighted by Gasteiger charge is -2.23. The number of hydrogen-bond donors (Lipinski definition) is 1. The molecule has 2 aromatic carbocycles. The molecular weight excluding hydrogens is 432 g/mol. The molecule has 0 fully saturated rings.